The van der Waals surface area contributed by atoms with E-state index in [1.807, 2.05) is 40.7 Å². The van der Waals surface area contributed by atoms with Gasteiger partial charge in [-0.05, 0) is 52.2 Å². The predicted octanol–water partition coefficient (Wildman–Crippen LogP) is 1.95. The van der Waals surface area contributed by atoms with Crippen LogP contribution in [0.1, 0.15) is 49.2 Å². The molecule has 2 rings (SSSR count). The molecule has 1 aliphatic heterocycles. The van der Waals surface area contributed by atoms with Gasteiger partial charge in [0.05, 0.1) is 29.4 Å². The maximum Gasteiger partial charge on any atom is 0.495 e. The number of carbonyl (C=O) groups excluding carboxylic acids is 1. The monoisotopic (exact) mass is 301 g/mol. The molecule has 0 unspecified atom stereocenters. The molecule has 0 atom stereocenters. The highest BCUT2D eigenvalue weighted by molar-refractivity contribution is 6.62. The van der Waals surface area contributed by atoms with Gasteiger partial charge in [-0.25, -0.2) is 4.79 Å². The third kappa shape index (κ3) is 2.62. The molecular weight excluding hydrogens is 281 g/mol. The van der Waals surface area contributed by atoms with Crippen molar-refractivity contribution in [2.45, 2.75) is 45.8 Å². The molecule has 6 heteroatoms. The summed E-state index contributed by atoms with van der Waals surface area (Å²) in [5.41, 5.74) is 1.15. The van der Waals surface area contributed by atoms with Gasteiger partial charge in [-0.15, -0.1) is 0 Å². The van der Waals surface area contributed by atoms with E-state index in [9.17, 15) is 10.1 Å². The normalized spacial score (nSPS) is 18.9. The number of rotatable bonds is 2. The molecule has 1 aromatic carbocycles. The first-order chi connectivity index (χ1) is 10.1. The van der Waals surface area contributed by atoms with Crippen molar-refractivity contribution in [2.75, 3.05) is 7.11 Å². The highest BCUT2D eigenvalue weighted by atomic mass is 16.7. The van der Waals surface area contributed by atoms with Gasteiger partial charge in [0.25, 0.3) is 0 Å². The van der Waals surface area contributed by atoms with Crippen molar-refractivity contribution in [3.63, 3.8) is 0 Å². The van der Waals surface area contributed by atoms with E-state index in [1.54, 1.807) is 12.1 Å². The first kappa shape index (κ1) is 16.5. The molecule has 0 aliphatic carbocycles. The van der Waals surface area contributed by atoms with Gasteiger partial charge in [0.2, 0.25) is 0 Å². The fourth-order valence-electron chi connectivity index (χ4n) is 2.32. The van der Waals surface area contributed by atoms with Crippen LogP contribution in [-0.2, 0) is 14.0 Å². The number of esters is 1. The van der Waals surface area contributed by atoms with Crippen LogP contribution in [0, 0.1) is 18.3 Å². The molecule has 1 aliphatic rings. The highest BCUT2D eigenvalue weighted by Gasteiger charge is 2.52. The fraction of sp³-hybridized carbons (Fsp3) is 0.500. The molecular formula is C16H20BNO4. The summed E-state index contributed by atoms with van der Waals surface area (Å²) in [6.45, 7) is 9.73. The Hall–Kier alpha value is -1.84. The highest BCUT2D eigenvalue weighted by Crippen LogP contribution is 2.36. The van der Waals surface area contributed by atoms with E-state index < -0.39 is 24.3 Å². The Balaban J connectivity index is 2.47. The second-order valence-electron chi connectivity index (χ2n) is 6.45. The molecule has 0 spiro atoms. The lowest BCUT2D eigenvalue weighted by Crippen LogP contribution is -2.41. The SMILES string of the molecule is COC(=O)c1cc(C)c(B2OC(C)(C)C(C)(C)O2)cc1C#N. The Bertz CT molecular complexity index is 645. The van der Waals surface area contributed by atoms with Crippen LogP contribution in [0.5, 0.6) is 0 Å². The molecule has 0 N–H and O–H groups in total. The standard InChI is InChI=1S/C16H20BNO4/c1-10-7-12(14(19)20-6)11(9-18)8-13(10)17-21-15(2,3)16(4,5)22-17/h7-8H,1-6H3. The molecule has 0 aromatic heterocycles. The third-order valence-corrected chi connectivity index (χ3v) is 4.44. The Morgan fingerprint density at radius 3 is 2.23 bits per heavy atom. The first-order valence-electron chi connectivity index (χ1n) is 7.11. The van der Waals surface area contributed by atoms with Gasteiger partial charge in [-0.3, -0.25) is 0 Å². The van der Waals surface area contributed by atoms with E-state index in [0.29, 0.717) is 0 Å². The molecule has 1 aromatic rings. The zero-order valence-electron chi connectivity index (χ0n) is 13.8. The number of carbonyl (C=O) groups is 1. The van der Waals surface area contributed by atoms with Crippen molar-refractivity contribution in [1.29, 1.82) is 5.26 Å². The average molecular weight is 301 g/mol. The Morgan fingerprint density at radius 1 is 1.23 bits per heavy atom. The number of methoxy groups -OCH3 is 1. The van der Waals surface area contributed by atoms with E-state index in [-0.39, 0.29) is 11.1 Å². The second kappa shape index (κ2) is 5.42. The molecule has 0 saturated carbocycles. The van der Waals surface area contributed by atoms with Gasteiger partial charge in [0.15, 0.2) is 0 Å². The van der Waals surface area contributed by atoms with E-state index in [2.05, 4.69) is 0 Å². The Kier molecular flexibility index (Phi) is 4.07. The molecule has 1 heterocycles. The van der Waals surface area contributed by atoms with Crippen LogP contribution in [-0.4, -0.2) is 31.4 Å². The molecule has 5 nitrogen and oxygen atoms in total. The summed E-state index contributed by atoms with van der Waals surface area (Å²) in [5.74, 6) is -0.528. The van der Waals surface area contributed by atoms with Crippen LogP contribution in [0.25, 0.3) is 0 Å². The average Bonchev–Trinajstić information content (AvgIpc) is 2.66. The van der Waals surface area contributed by atoms with Gasteiger partial charge >= 0.3 is 13.1 Å². The van der Waals surface area contributed by atoms with Crippen LogP contribution in [0.4, 0.5) is 0 Å². The first-order valence-corrected chi connectivity index (χ1v) is 7.11. The largest absolute Gasteiger partial charge is 0.495 e. The zero-order chi connectivity index (χ0) is 16.7. The number of hydrogen-bond acceptors (Lipinski definition) is 5. The fourth-order valence-corrected chi connectivity index (χ4v) is 2.32. The molecule has 1 saturated heterocycles. The maximum absolute atomic E-state index is 11.7. The predicted molar refractivity (Wildman–Crippen MR) is 82.9 cm³/mol. The number of hydrogen-bond donors (Lipinski definition) is 0. The van der Waals surface area contributed by atoms with Crippen LogP contribution < -0.4 is 5.46 Å². The lowest BCUT2D eigenvalue weighted by atomic mass is 9.75. The molecule has 0 amide bonds. The number of ether oxygens (including phenoxy) is 1. The lowest BCUT2D eigenvalue weighted by Gasteiger charge is -2.32. The molecule has 116 valence electrons. The second-order valence-corrected chi connectivity index (χ2v) is 6.45. The summed E-state index contributed by atoms with van der Waals surface area (Å²) in [5, 5.41) is 9.29. The zero-order valence-corrected chi connectivity index (χ0v) is 13.8. The van der Waals surface area contributed by atoms with E-state index in [0.717, 1.165) is 11.0 Å². The molecule has 0 radical (unpaired) electrons. The van der Waals surface area contributed by atoms with Crippen LogP contribution in [0.2, 0.25) is 0 Å². The van der Waals surface area contributed by atoms with Crippen molar-refractivity contribution in [3.05, 3.63) is 28.8 Å². The summed E-state index contributed by atoms with van der Waals surface area (Å²) >= 11 is 0. The van der Waals surface area contributed by atoms with Gasteiger partial charge in [-0.1, -0.05) is 5.56 Å². The summed E-state index contributed by atoms with van der Waals surface area (Å²) < 4.78 is 16.7. The van der Waals surface area contributed by atoms with Crippen molar-refractivity contribution >= 4 is 18.6 Å². The minimum Gasteiger partial charge on any atom is -0.465 e. The maximum atomic E-state index is 11.7. The number of nitriles is 1. The summed E-state index contributed by atoms with van der Waals surface area (Å²) in [6.07, 6.45) is 0. The topological polar surface area (TPSA) is 68.6 Å². The van der Waals surface area contributed by atoms with Crippen molar-refractivity contribution < 1.29 is 18.8 Å². The van der Waals surface area contributed by atoms with Crippen molar-refractivity contribution in [3.8, 4) is 6.07 Å². The van der Waals surface area contributed by atoms with Gasteiger partial charge in [0, 0.05) is 0 Å². The lowest BCUT2D eigenvalue weighted by molar-refractivity contribution is 0.00578. The summed E-state index contributed by atoms with van der Waals surface area (Å²) in [7, 11) is 0.727. The quantitative estimate of drug-likeness (QED) is 0.617. The van der Waals surface area contributed by atoms with Crippen LogP contribution in [0.15, 0.2) is 12.1 Å². The van der Waals surface area contributed by atoms with Gasteiger partial charge in [0.1, 0.15) is 6.07 Å². The Labute approximate surface area is 131 Å². The summed E-state index contributed by atoms with van der Waals surface area (Å²) in [6, 6.07) is 5.32. The number of benzene rings is 1. The summed E-state index contributed by atoms with van der Waals surface area (Å²) in [4.78, 5) is 11.7. The smallest absolute Gasteiger partial charge is 0.465 e. The van der Waals surface area contributed by atoms with Crippen LogP contribution >= 0.6 is 0 Å². The van der Waals surface area contributed by atoms with E-state index in [4.69, 9.17) is 14.0 Å². The van der Waals surface area contributed by atoms with Gasteiger partial charge in [-0.2, -0.15) is 5.26 Å². The Morgan fingerprint density at radius 2 is 1.77 bits per heavy atom. The van der Waals surface area contributed by atoms with Crippen molar-refractivity contribution in [1.82, 2.24) is 0 Å². The van der Waals surface area contributed by atoms with Crippen molar-refractivity contribution in [2.24, 2.45) is 0 Å². The third-order valence-electron chi connectivity index (χ3n) is 4.44. The van der Waals surface area contributed by atoms with E-state index in [1.165, 1.54) is 7.11 Å². The molecule has 1 fully saturated rings. The van der Waals surface area contributed by atoms with Gasteiger partial charge < -0.3 is 14.0 Å². The van der Waals surface area contributed by atoms with Crippen LogP contribution in [0.3, 0.4) is 0 Å². The minimum atomic E-state index is -0.566. The molecule has 22 heavy (non-hydrogen) atoms. The molecule has 0 bridgehead atoms. The van der Waals surface area contributed by atoms with E-state index >= 15 is 0 Å². The minimum absolute atomic E-state index is 0.252. The number of nitrogens with zero attached hydrogens (tertiary/aromatic N) is 1. The number of aryl methyl sites for hydroxylation is 1.